The second-order valence-electron chi connectivity index (χ2n) is 5.64. The van der Waals surface area contributed by atoms with Crippen LogP contribution in [-0.4, -0.2) is 55.0 Å². The number of carbonyl (C=O) groups is 3. The zero-order chi connectivity index (χ0) is 18.2. The van der Waals surface area contributed by atoms with Crippen LogP contribution in [0.3, 0.4) is 0 Å². The van der Waals surface area contributed by atoms with Crippen LogP contribution >= 0.6 is 11.6 Å². The standard InChI is InChI=1S/C17H22ClN3O4/c1-2-25-16(23)10-20-15(22)9-14-17(24)21(8-7-19-14)11-12-5-3-4-6-13(12)18/h3-6,14,19H,2,7-11H2,1H3,(H,20,22). The predicted octanol–water partition coefficient (Wildman–Crippen LogP) is 0.710. The molecule has 1 aromatic rings. The van der Waals surface area contributed by atoms with Crippen LogP contribution in [0, 0.1) is 0 Å². The lowest BCUT2D eigenvalue weighted by Gasteiger charge is -2.33. The molecule has 0 aromatic heterocycles. The molecular formula is C17H22ClN3O4. The summed E-state index contributed by atoms with van der Waals surface area (Å²) >= 11 is 6.15. The Labute approximate surface area is 151 Å². The minimum atomic E-state index is -0.613. The van der Waals surface area contributed by atoms with Gasteiger partial charge in [-0.25, -0.2) is 0 Å². The summed E-state index contributed by atoms with van der Waals surface area (Å²) < 4.78 is 4.74. The van der Waals surface area contributed by atoms with Crippen LogP contribution in [0.15, 0.2) is 24.3 Å². The summed E-state index contributed by atoms with van der Waals surface area (Å²) in [6.07, 6.45) is -0.0305. The molecule has 1 atom stereocenters. The van der Waals surface area contributed by atoms with Crippen LogP contribution in [0.4, 0.5) is 0 Å². The van der Waals surface area contributed by atoms with Gasteiger partial charge in [0.05, 0.1) is 19.1 Å². The lowest BCUT2D eigenvalue weighted by Crippen LogP contribution is -2.56. The van der Waals surface area contributed by atoms with Gasteiger partial charge in [0.2, 0.25) is 11.8 Å². The number of hydrogen-bond donors (Lipinski definition) is 2. The maximum atomic E-state index is 12.6. The van der Waals surface area contributed by atoms with Crippen LogP contribution < -0.4 is 10.6 Å². The minimum Gasteiger partial charge on any atom is -0.465 e. The molecule has 1 aliphatic heterocycles. The summed E-state index contributed by atoms with van der Waals surface area (Å²) in [5, 5.41) is 6.11. The van der Waals surface area contributed by atoms with Crippen LogP contribution in [0.5, 0.6) is 0 Å². The van der Waals surface area contributed by atoms with E-state index in [-0.39, 0.29) is 31.4 Å². The van der Waals surface area contributed by atoms with Gasteiger partial charge in [-0.15, -0.1) is 0 Å². The molecule has 8 heteroatoms. The Morgan fingerprint density at radius 3 is 2.88 bits per heavy atom. The monoisotopic (exact) mass is 367 g/mol. The highest BCUT2D eigenvalue weighted by molar-refractivity contribution is 6.31. The number of piperazine rings is 1. The molecule has 2 amide bonds. The Balaban J connectivity index is 1.87. The summed E-state index contributed by atoms with van der Waals surface area (Å²) in [5.41, 5.74) is 0.866. The van der Waals surface area contributed by atoms with Crippen molar-refractivity contribution in [1.82, 2.24) is 15.5 Å². The molecule has 1 unspecified atom stereocenters. The summed E-state index contributed by atoms with van der Waals surface area (Å²) in [4.78, 5) is 37.4. The molecule has 1 saturated heterocycles. The zero-order valence-electron chi connectivity index (χ0n) is 14.1. The molecule has 2 N–H and O–H groups in total. The van der Waals surface area contributed by atoms with Crippen molar-refractivity contribution >= 4 is 29.4 Å². The van der Waals surface area contributed by atoms with Crippen molar-refractivity contribution in [1.29, 1.82) is 0 Å². The number of benzene rings is 1. The maximum absolute atomic E-state index is 12.6. The van der Waals surface area contributed by atoms with Crippen molar-refractivity contribution in [3.05, 3.63) is 34.9 Å². The predicted molar refractivity (Wildman–Crippen MR) is 92.9 cm³/mol. The average molecular weight is 368 g/mol. The van der Waals surface area contributed by atoms with Crippen LogP contribution in [-0.2, 0) is 25.7 Å². The van der Waals surface area contributed by atoms with E-state index < -0.39 is 12.0 Å². The Hall–Kier alpha value is -2.12. The average Bonchev–Trinajstić information content (AvgIpc) is 2.59. The van der Waals surface area contributed by atoms with E-state index in [0.29, 0.717) is 24.7 Å². The molecule has 1 aromatic carbocycles. The fourth-order valence-corrected chi connectivity index (χ4v) is 2.78. The molecule has 1 fully saturated rings. The van der Waals surface area contributed by atoms with Crippen LogP contribution in [0.2, 0.25) is 5.02 Å². The Kier molecular flexibility index (Phi) is 7.21. The van der Waals surface area contributed by atoms with E-state index >= 15 is 0 Å². The van der Waals surface area contributed by atoms with Gasteiger partial charge in [-0.05, 0) is 18.6 Å². The largest absolute Gasteiger partial charge is 0.465 e. The van der Waals surface area contributed by atoms with E-state index in [1.807, 2.05) is 18.2 Å². The zero-order valence-corrected chi connectivity index (χ0v) is 14.8. The first-order valence-electron chi connectivity index (χ1n) is 8.19. The molecular weight excluding hydrogens is 346 g/mol. The Morgan fingerprint density at radius 2 is 2.16 bits per heavy atom. The van der Waals surface area contributed by atoms with Crippen LogP contribution in [0.1, 0.15) is 18.9 Å². The van der Waals surface area contributed by atoms with Crippen molar-refractivity contribution in [3.63, 3.8) is 0 Å². The third kappa shape index (κ3) is 5.72. The highest BCUT2D eigenvalue weighted by Gasteiger charge is 2.30. The van der Waals surface area contributed by atoms with Crippen molar-refractivity contribution in [2.24, 2.45) is 0 Å². The number of amides is 2. The molecule has 2 rings (SSSR count). The Bertz CT molecular complexity index is 638. The van der Waals surface area contributed by atoms with Gasteiger partial charge in [-0.3, -0.25) is 14.4 Å². The quantitative estimate of drug-likeness (QED) is 0.693. The Morgan fingerprint density at radius 1 is 1.40 bits per heavy atom. The summed E-state index contributed by atoms with van der Waals surface area (Å²) in [6, 6.07) is 6.75. The second kappa shape index (κ2) is 9.39. The van der Waals surface area contributed by atoms with E-state index in [9.17, 15) is 14.4 Å². The van der Waals surface area contributed by atoms with Gasteiger partial charge in [0, 0.05) is 24.7 Å². The normalized spacial score (nSPS) is 17.3. The number of esters is 1. The summed E-state index contributed by atoms with van der Waals surface area (Å²) in [6.45, 7) is 3.29. The van der Waals surface area contributed by atoms with Gasteiger partial charge >= 0.3 is 5.97 Å². The van der Waals surface area contributed by atoms with Crippen molar-refractivity contribution in [2.45, 2.75) is 25.9 Å². The van der Waals surface area contributed by atoms with Crippen molar-refractivity contribution < 1.29 is 19.1 Å². The highest BCUT2D eigenvalue weighted by atomic mass is 35.5. The first-order chi connectivity index (χ1) is 12.0. The second-order valence-corrected chi connectivity index (χ2v) is 6.05. The van der Waals surface area contributed by atoms with Gasteiger partial charge in [-0.2, -0.15) is 0 Å². The number of ether oxygens (including phenoxy) is 1. The van der Waals surface area contributed by atoms with Crippen molar-refractivity contribution in [2.75, 3.05) is 26.2 Å². The van der Waals surface area contributed by atoms with E-state index in [4.69, 9.17) is 16.3 Å². The molecule has 0 aliphatic carbocycles. The fraction of sp³-hybridized carbons (Fsp3) is 0.471. The molecule has 7 nitrogen and oxygen atoms in total. The molecule has 1 aliphatic rings. The van der Waals surface area contributed by atoms with Crippen molar-refractivity contribution in [3.8, 4) is 0 Å². The first-order valence-corrected chi connectivity index (χ1v) is 8.57. The van der Waals surface area contributed by atoms with Gasteiger partial charge in [0.15, 0.2) is 0 Å². The van der Waals surface area contributed by atoms with Gasteiger partial charge < -0.3 is 20.3 Å². The van der Waals surface area contributed by atoms with Gasteiger partial charge in [0.25, 0.3) is 0 Å². The van der Waals surface area contributed by atoms with Gasteiger partial charge in [0.1, 0.15) is 6.54 Å². The number of rotatable bonds is 7. The minimum absolute atomic E-state index is 0.0305. The van der Waals surface area contributed by atoms with Crippen LogP contribution in [0.25, 0.3) is 0 Å². The highest BCUT2D eigenvalue weighted by Crippen LogP contribution is 2.18. The number of nitrogens with zero attached hydrogens (tertiary/aromatic N) is 1. The molecule has 0 bridgehead atoms. The number of hydrogen-bond acceptors (Lipinski definition) is 5. The molecule has 0 spiro atoms. The maximum Gasteiger partial charge on any atom is 0.325 e. The lowest BCUT2D eigenvalue weighted by molar-refractivity contribution is -0.143. The smallest absolute Gasteiger partial charge is 0.325 e. The first kappa shape index (κ1) is 19.2. The number of nitrogens with one attached hydrogen (secondary N) is 2. The van der Waals surface area contributed by atoms with E-state index in [1.165, 1.54) is 0 Å². The van der Waals surface area contributed by atoms with E-state index in [2.05, 4.69) is 10.6 Å². The molecule has 1 heterocycles. The third-order valence-corrected chi connectivity index (χ3v) is 4.19. The van der Waals surface area contributed by atoms with E-state index in [1.54, 1.807) is 17.9 Å². The van der Waals surface area contributed by atoms with Gasteiger partial charge in [-0.1, -0.05) is 29.8 Å². The molecule has 25 heavy (non-hydrogen) atoms. The number of halogens is 1. The molecule has 136 valence electrons. The number of carbonyl (C=O) groups excluding carboxylic acids is 3. The SMILES string of the molecule is CCOC(=O)CNC(=O)CC1NCCN(Cc2ccccc2Cl)C1=O. The summed E-state index contributed by atoms with van der Waals surface area (Å²) in [5.74, 6) is -1.03. The van der Waals surface area contributed by atoms with E-state index in [0.717, 1.165) is 5.56 Å². The fourth-order valence-electron chi connectivity index (χ4n) is 2.58. The lowest BCUT2D eigenvalue weighted by atomic mass is 10.1. The topological polar surface area (TPSA) is 87.7 Å². The third-order valence-electron chi connectivity index (χ3n) is 3.83. The molecule has 0 saturated carbocycles. The molecule has 0 radical (unpaired) electrons. The summed E-state index contributed by atoms with van der Waals surface area (Å²) in [7, 11) is 0.